The van der Waals surface area contributed by atoms with Crippen molar-refractivity contribution in [1.29, 1.82) is 0 Å². The van der Waals surface area contributed by atoms with Gasteiger partial charge >= 0.3 is 0 Å². The molecule has 118 valence electrons. The highest BCUT2D eigenvalue weighted by molar-refractivity contribution is 6.11. The maximum absolute atomic E-state index is 12.5. The van der Waals surface area contributed by atoms with Crippen LogP contribution in [0.25, 0.3) is 12.2 Å². The zero-order chi connectivity index (χ0) is 16.6. The van der Waals surface area contributed by atoms with Gasteiger partial charge in [-0.25, -0.2) is 0 Å². The predicted molar refractivity (Wildman–Crippen MR) is 85.6 cm³/mol. The number of allylic oxidation sites excluding steroid dienone is 1. The van der Waals surface area contributed by atoms with Gasteiger partial charge < -0.3 is 19.4 Å². The molecule has 0 aliphatic carbocycles. The number of carbonyl (C=O) groups excluding carboxylic acids is 1. The highest BCUT2D eigenvalue weighted by Crippen LogP contribution is 2.43. The molecule has 2 aromatic rings. The molecule has 0 saturated carbocycles. The van der Waals surface area contributed by atoms with E-state index in [2.05, 4.69) is 0 Å². The van der Waals surface area contributed by atoms with Crippen LogP contribution >= 0.6 is 0 Å². The van der Waals surface area contributed by atoms with Crippen molar-refractivity contribution in [3.05, 3.63) is 53.5 Å². The zero-order valence-corrected chi connectivity index (χ0v) is 12.7. The standard InChI is InChI=1S/C18H16O5/c1-18(2)8-7-12-14(20)10-15(21)16(17(12)23-18)13(19)6-5-11-4-3-9-22-11/h3-10,20-21H,1-2H3/b6-5+. The molecule has 0 atom stereocenters. The Morgan fingerprint density at radius 3 is 2.74 bits per heavy atom. The Kier molecular flexibility index (Phi) is 3.48. The molecule has 1 aliphatic heterocycles. The first-order valence-electron chi connectivity index (χ1n) is 7.10. The minimum atomic E-state index is -0.646. The molecular formula is C18H16O5. The van der Waals surface area contributed by atoms with Gasteiger partial charge in [-0.15, -0.1) is 0 Å². The maximum atomic E-state index is 12.5. The Morgan fingerprint density at radius 2 is 2.04 bits per heavy atom. The summed E-state index contributed by atoms with van der Waals surface area (Å²) in [5.41, 5.74) is -0.262. The van der Waals surface area contributed by atoms with Crippen molar-refractivity contribution < 1.29 is 24.2 Å². The maximum Gasteiger partial charge on any atom is 0.193 e. The number of ether oxygens (including phenoxy) is 1. The number of furan rings is 1. The third kappa shape index (κ3) is 2.85. The van der Waals surface area contributed by atoms with E-state index in [4.69, 9.17) is 9.15 Å². The van der Waals surface area contributed by atoms with Crippen LogP contribution < -0.4 is 4.74 Å². The zero-order valence-electron chi connectivity index (χ0n) is 12.7. The molecule has 0 radical (unpaired) electrons. The third-order valence-corrected chi connectivity index (χ3v) is 3.48. The third-order valence-electron chi connectivity index (χ3n) is 3.48. The number of phenolic OH excluding ortho intramolecular Hbond substituents is 2. The van der Waals surface area contributed by atoms with Crippen molar-refractivity contribution >= 4 is 17.9 Å². The Labute approximate surface area is 133 Å². The number of aromatic hydroxyl groups is 2. The quantitative estimate of drug-likeness (QED) is 0.666. The van der Waals surface area contributed by atoms with E-state index in [0.717, 1.165) is 6.07 Å². The van der Waals surface area contributed by atoms with Crippen LogP contribution in [0.15, 0.2) is 41.0 Å². The summed E-state index contributed by atoms with van der Waals surface area (Å²) in [4.78, 5) is 12.5. The lowest BCUT2D eigenvalue weighted by molar-refractivity contribution is 0.103. The molecule has 0 amide bonds. The Bertz CT molecular complexity index is 810. The molecule has 2 heterocycles. The monoisotopic (exact) mass is 312 g/mol. The first-order valence-corrected chi connectivity index (χ1v) is 7.10. The highest BCUT2D eigenvalue weighted by atomic mass is 16.5. The van der Waals surface area contributed by atoms with Gasteiger partial charge in [0.05, 0.1) is 11.8 Å². The summed E-state index contributed by atoms with van der Waals surface area (Å²) in [7, 11) is 0. The lowest BCUT2D eigenvalue weighted by atomic mass is 9.96. The predicted octanol–water partition coefficient (Wildman–Crippen LogP) is 3.77. The van der Waals surface area contributed by atoms with E-state index in [1.165, 1.54) is 18.4 Å². The van der Waals surface area contributed by atoms with E-state index in [1.807, 2.05) is 13.8 Å². The van der Waals surface area contributed by atoms with E-state index >= 15 is 0 Å². The number of phenols is 2. The number of ketones is 1. The van der Waals surface area contributed by atoms with Gasteiger partial charge in [0.25, 0.3) is 0 Å². The molecular weight excluding hydrogens is 296 g/mol. The molecule has 3 rings (SSSR count). The number of fused-ring (bicyclic) bond motifs is 1. The van der Waals surface area contributed by atoms with Gasteiger partial charge in [0, 0.05) is 6.07 Å². The van der Waals surface area contributed by atoms with Crippen LogP contribution in [0.2, 0.25) is 0 Å². The molecule has 0 spiro atoms. The summed E-state index contributed by atoms with van der Waals surface area (Å²) >= 11 is 0. The van der Waals surface area contributed by atoms with Crippen LogP contribution in [-0.2, 0) is 0 Å². The van der Waals surface area contributed by atoms with E-state index in [9.17, 15) is 15.0 Å². The molecule has 1 aromatic heterocycles. The smallest absolute Gasteiger partial charge is 0.193 e. The first kappa shape index (κ1) is 15.0. The van der Waals surface area contributed by atoms with Crippen molar-refractivity contribution in [1.82, 2.24) is 0 Å². The van der Waals surface area contributed by atoms with Crippen LogP contribution in [0.1, 0.15) is 35.5 Å². The van der Waals surface area contributed by atoms with Crippen molar-refractivity contribution in [3.8, 4) is 17.2 Å². The lowest BCUT2D eigenvalue weighted by Crippen LogP contribution is -2.28. The van der Waals surface area contributed by atoms with Gasteiger partial charge in [-0.2, -0.15) is 0 Å². The molecule has 0 fully saturated rings. The lowest BCUT2D eigenvalue weighted by Gasteiger charge is -2.29. The summed E-state index contributed by atoms with van der Waals surface area (Å²) in [6.45, 7) is 3.64. The summed E-state index contributed by atoms with van der Waals surface area (Å²) in [6.07, 6.45) is 7.75. The van der Waals surface area contributed by atoms with E-state index < -0.39 is 11.4 Å². The first-order chi connectivity index (χ1) is 10.9. The van der Waals surface area contributed by atoms with Crippen molar-refractivity contribution in [2.75, 3.05) is 0 Å². The Hall–Kier alpha value is -2.95. The fraction of sp³-hybridized carbons (Fsp3) is 0.167. The largest absolute Gasteiger partial charge is 0.507 e. The molecule has 1 aromatic carbocycles. The van der Waals surface area contributed by atoms with E-state index in [0.29, 0.717) is 11.3 Å². The van der Waals surface area contributed by atoms with Crippen molar-refractivity contribution in [2.24, 2.45) is 0 Å². The molecule has 5 heteroatoms. The molecule has 5 nitrogen and oxygen atoms in total. The minimum absolute atomic E-state index is 0.0121. The highest BCUT2D eigenvalue weighted by Gasteiger charge is 2.29. The van der Waals surface area contributed by atoms with E-state index in [-0.39, 0.29) is 22.8 Å². The summed E-state index contributed by atoms with van der Waals surface area (Å²) in [5, 5.41) is 20.1. The average molecular weight is 312 g/mol. The van der Waals surface area contributed by atoms with Gasteiger partial charge in [-0.05, 0) is 50.3 Å². The molecule has 0 saturated heterocycles. The van der Waals surface area contributed by atoms with Crippen LogP contribution in [0, 0.1) is 0 Å². The Morgan fingerprint density at radius 1 is 1.26 bits per heavy atom. The average Bonchev–Trinajstić information content (AvgIpc) is 2.96. The SMILES string of the molecule is CC1(C)C=Cc2c(O)cc(O)c(C(=O)/C=C/c3ccco3)c2O1. The normalized spacial score (nSPS) is 15.4. The number of hydrogen-bond acceptors (Lipinski definition) is 5. The van der Waals surface area contributed by atoms with Gasteiger partial charge in [0.15, 0.2) is 5.78 Å². The van der Waals surface area contributed by atoms with Gasteiger partial charge in [0.2, 0.25) is 0 Å². The van der Waals surface area contributed by atoms with Crippen LogP contribution in [-0.4, -0.2) is 21.6 Å². The second kappa shape index (κ2) is 5.35. The fourth-order valence-electron chi connectivity index (χ4n) is 2.36. The summed E-state index contributed by atoms with van der Waals surface area (Å²) in [6, 6.07) is 4.55. The van der Waals surface area contributed by atoms with Crippen molar-refractivity contribution in [2.45, 2.75) is 19.4 Å². The second-order valence-electron chi connectivity index (χ2n) is 5.78. The fourth-order valence-corrected chi connectivity index (χ4v) is 2.36. The molecule has 23 heavy (non-hydrogen) atoms. The molecule has 0 unspecified atom stereocenters. The van der Waals surface area contributed by atoms with Crippen LogP contribution in [0.5, 0.6) is 17.2 Å². The number of hydrogen-bond donors (Lipinski definition) is 2. The molecule has 0 bridgehead atoms. The summed E-state index contributed by atoms with van der Waals surface area (Å²) in [5.74, 6) is -0.228. The number of rotatable bonds is 3. The van der Waals surface area contributed by atoms with E-state index in [1.54, 1.807) is 24.3 Å². The van der Waals surface area contributed by atoms with Gasteiger partial charge in [-0.1, -0.05) is 0 Å². The van der Waals surface area contributed by atoms with Gasteiger partial charge in [0.1, 0.15) is 34.2 Å². The van der Waals surface area contributed by atoms with Gasteiger partial charge in [-0.3, -0.25) is 4.79 Å². The Balaban J connectivity index is 2.06. The number of benzene rings is 1. The van der Waals surface area contributed by atoms with Crippen LogP contribution in [0.3, 0.4) is 0 Å². The van der Waals surface area contributed by atoms with Crippen LogP contribution in [0.4, 0.5) is 0 Å². The number of carbonyl (C=O) groups is 1. The van der Waals surface area contributed by atoms with Crippen molar-refractivity contribution in [3.63, 3.8) is 0 Å². The second-order valence-corrected chi connectivity index (χ2v) is 5.78. The molecule has 1 aliphatic rings. The minimum Gasteiger partial charge on any atom is -0.507 e. The molecule has 2 N–H and O–H groups in total. The topological polar surface area (TPSA) is 79.9 Å². The summed E-state index contributed by atoms with van der Waals surface area (Å²) < 4.78 is 10.9.